The number of guanidine groups is 1. The van der Waals surface area contributed by atoms with E-state index in [1.54, 1.807) is 43.1 Å². The lowest BCUT2D eigenvalue weighted by Crippen LogP contribution is -2.37. The first-order valence-corrected chi connectivity index (χ1v) is 11.9. The van der Waals surface area contributed by atoms with Crippen molar-refractivity contribution >= 4 is 34.3 Å². The summed E-state index contributed by atoms with van der Waals surface area (Å²) in [5.41, 5.74) is 9.09. The van der Waals surface area contributed by atoms with Crippen LogP contribution in [0, 0.1) is 5.82 Å². The van der Waals surface area contributed by atoms with Gasteiger partial charge in [-0.05, 0) is 32.9 Å². The maximum absolute atomic E-state index is 14.9. The first-order chi connectivity index (χ1) is 17.6. The van der Waals surface area contributed by atoms with Gasteiger partial charge in [-0.15, -0.1) is 0 Å². The lowest BCUT2D eigenvalue weighted by Gasteiger charge is -2.30. The van der Waals surface area contributed by atoms with Gasteiger partial charge in [-0.25, -0.2) is 19.4 Å². The Morgan fingerprint density at radius 3 is 2.81 bits per heavy atom. The van der Waals surface area contributed by atoms with Crippen LogP contribution in [0.3, 0.4) is 0 Å². The summed E-state index contributed by atoms with van der Waals surface area (Å²) in [6.45, 7) is 5.19. The second kappa shape index (κ2) is 10.8. The summed E-state index contributed by atoms with van der Waals surface area (Å²) < 4.78 is 27.6. The molecule has 0 saturated carbocycles. The largest absolute Gasteiger partial charge is 0.368 e. The summed E-state index contributed by atoms with van der Waals surface area (Å²) in [6.07, 6.45) is 7.37. The molecule has 4 aromatic rings. The third kappa shape index (κ3) is 5.41. The lowest BCUT2D eigenvalue weighted by atomic mass is 9.90. The molecule has 0 fully saturated rings. The van der Waals surface area contributed by atoms with Gasteiger partial charge in [0, 0.05) is 60.4 Å². The number of hydrogen-bond donors (Lipinski definition) is 2. The number of nitrogens with zero attached hydrogens (tertiary/aromatic N) is 5. The molecule has 0 aliphatic heterocycles. The predicted molar refractivity (Wildman–Crippen MR) is 143 cm³/mol. The van der Waals surface area contributed by atoms with E-state index in [1.165, 1.54) is 13.2 Å². The monoisotopic (exact) mass is 525 g/mol. The predicted octanol–water partition coefficient (Wildman–Crippen LogP) is 5.13. The number of halogens is 2. The molecular weight excluding hydrogens is 497 g/mol. The van der Waals surface area contributed by atoms with Gasteiger partial charge in [-0.1, -0.05) is 23.7 Å². The van der Waals surface area contributed by atoms with Crippen LogP contribution in [0.1, 0.15) is 37.9 Å². The van der Waals surface area contributed by atoms with E-state index in [4.69, 9.17) is 26.8 Å². The van der Waals surface area contributed by atoms with Gasteiger partial charge in [0.1, 0.15) is 23.9 Å². The maximum atomic E-state index is 14.9. The van der Waals surface area contributed by atoms with Crippen molar-refractivity contribution in [2.24, 2.45) is 22.8 Å². The fraction of sp³-hybridized carbons (Fsp3) is 0.308. The Balaban J connectivity index is 1.66. The number of aliphatic imine (C=N–C) groups is 2. The summed E-state index contributed by atoms with van der Waals surface area (Å²) in [5.74, 6) is -0.581. The molecule has 0 amide bonds. The average Bonchev–Trinajstić information content (AvgIpc) is 3.49. The molecule has 194 valence electrons. The van der Waals surface area contributed by atoms with Gasteiger partial charge in [-0.3, -0.25) is 4.68 Å². The van der Waals surface area contributed by atoms with E-state index < -0.39 is 11.4 Å². The minimum atomic E-state index is -1.29. The van der Waals surface area contributed by atoms with Crippen LogP contribution < -0.4 is 5.73 Å². The number of aromatic nitrogens is 4. The fourth-order valence-corrected chi connectivity index (χ4v) is 4.27. The minimum absolute atomic E-state index is 0.0189. The Hall–Kier alpha value is -3.60. The van der Waals surface area contributed by atoms with E-state index >= 15 is 0 Å². The molecule has 0 bridgehead atoms. The van der Waals surface area contributed by atoms with E-state index in [2.05, 4.69) is 25.1 Å². The summed E-state index contributed by atoms with van der Waals surface area (Å²) in [6, 6.07) is 6.40. The van der Waals surface area contributed by atoms with Crippen molar-refractivity contribution in [1.82, 2.24) is 19.7 Å². The maximum Gasteiger partial charge on any atom is 0.215 e. The Labute approximate surface area is 219 Å². The molecule has 3 heterocycles. The van der Waals surface area contributed by atoms with Crippen LogP contribution in [0.2, 0.25) is 5.02 Å². The molecule has 0 radical (unpaired) electrons. The van der Waals surface area contributed by atoms with Crippen LogP contribution in [0.4, 0.5) is 4.39 Å². The molecule has 0 spiro atoms. The van der Waals surface area contributed by atoms with Crippen LogP contribution in [-0.4, -0.2) is 45.3 Å². The molecule has 4 rings (SSSR count). The van der Waals surface area contributed by atoms with Gasteiger partial charge in [-0.2, -0.15) is 5.10 Å². The van der Waals surface area contributed by atoms with Gasteiger partial charge in [0.05, 0.1) is 23.0 Å². The second-order valence-corrected chi connectivity index (χ2v) is 9.22. The molecule has 2 unspecified atom stereocenters. The van der Waals surface area contributed by atoms with E-state index in [9.17, 15) is 4.39 Å². The van der Waals surface area contributed by atoms with Gasteiger partial charge in [0.2, 0.25) is 5.96 Å². The van der Waals surface area contributed by atoms with Crippen molar-refractivity contribution < 1.29 is 13.9 Å². The average molecular weight is 526 g/mol. The number of nitrogens with two attached hydrogens (primary N) is 1. The third-order valence-corrected chi connectivity index (χ3v) is 6.57. The van der Waals surface area contributed by atoms with Crippen molar-refractivity contribution in [3.05, 3.63) is 71.0 Å². The molecule has 0 saturated heterocycles. The van der Waals surface area contributed by atoms with E-state index in [0.717, 1.165) is 27.7 Å². The van der Waals surface area contributed by atoms with Crippen LogP contribution in [-0.2, 0) is 22.1 Å². The highest BCUT2D eigenvalue weighted by Crippen LogP contribution is 2.33. The SMILES string of the molecule is COCOC(C)(C(C)=NC(N)=NC(C)c1c[nH]c2ncc(-c3cnn(C)c3)cc12)c1cccc(Cl)c1F. The molecule has 1 aromatic carbocycles. The van der Waals surface area contributed by atoms with Crippen LogP contribution in [0.5, 0.6) is 0 Å². The normalized spacial score (nSPS) is 15.2. The second-order valence-electron chi connectivity index (χ2n) is 8.81. The van der Waals surface area contributed by atoms with Crippen molar-refractivity contribution in [3.63, 3.8) is 0 Å². The van der Waals surface area contributed by atoms with Crippen molar-refractivity contribution in [1.29, 1.82) is 0 Å². The van der Waals surface area contributed by atoms with E-state index in [0.29, 0.717) is 5.71 Å². The molecular formula is C26H29ClFN7O2. The fourth-order valence-electron chi connectivity index (χ4n) is 4.10. The van der Waals surface area contributed by atoms with Crippen LogP contribution >= 0.6 is 11.6 Å². The molecule has 11 heteroatoms. The lowest BCUT2D eigenvalue weighted by molar-refractivity contribution is -0.0953. The zero-order chi connectivity index (χ0) is 26.7. The molecule has 0 aliphatic rings. The Bertz CT molecular complexity index is 1480. The topological polar surface area (TPSA) is 116 Å². The van der Waals surface area contributed by atoms with Crippen LogP contribution in [0.15, 0.2) is 59.0 Å². The van der Waals surface area contributed by atoms with Crippen molar-refractivity contribution in [3.8, 4) is 11.1 Å². The highest BCUT2D eigenvalue weighted by Gasteiger charge is 2.35. The first-order valence-electron chi connectivity index (χ1n) is 11.6. The number of rotatable bonds is 8. The zero-order valence-corrected chi connectivity index (χ0v) is 22.0. The minimum Gasteiger partial charge on any atom is -0.368 e. The quantitative estimate of drug-likeness (QED) is 0.188. The van der Waals surface area contributed by atoms with Gasteiger partial charge < -0.3 is 20.2 Å². The number of nitrogens with one attached hydrogen (secondary N) is 1. The molecule has 37 heavy (non-hydrogen) atoms. The molecule has 3 aromatic heterocycles. The van der Waals surface area contributed by atoms with Crippen molar-refractivity contribution in [2.45, 2.75) is 32.4 Å². The summed E-state index contributed by atoms with van der Waals surface area (Å²) in [4.78, 5) is 16.8. The molecule has 9 nitrogen and oxygen atoms in total. The Morgan fingerprint density at radius 2 is 2.11 bits per heavy atom. The highest BCUT2D eigenvalue weighted by molar-refractivity contribution is 6.30. The van der Waals surface area contributed by atoms with Gasteiger partial charge >= 0.3 is 0 Å². The number of fused-ring (bicyclic) bond motifs is 1. The van der Waals surface area contributed by atoms with Gasteiger partial charge in [0.15, 0.2) is 0 Å². The van der Waals surface area contributed by atoms with Crippen molar-refractivity contribution in [2.75, 3.05) is 13.9 Å². The molecule has 2 atom stereocenters. The smallest absolute Gasteiger partial charge is 0.215 e. The molecule has 3 N–H and O–H groups in total. The number of aromatic amines is 1. The Morgan fingerprint density at radius 1 is 1.32 bits per heavy atom. The summed E-state index contributed by atoms with van der Waals surface area (Å²) >= 11 is 6.03. The number of methoxy groups -OCH3 is 1. The third-order valence-electron chi connectivity index (χ3n) is 6.28. The number of pyridine rings is 1. The number of H-pyrrole nitrogens is 1. The summed E-state index contributed by atoms with van der Waals surface area (Å²) in [5, 5.41) is 5.13. The molecule has 0 aliphatic carbocycles. The summed E-state index contributed by atoms with van der Waals surface area (Å²) in [7, 11) is 3.35. The standard InChI is InChI=1S/C26H29ClFN7O2/c1-15(20-12-31-24-19(20)9-17(10-30-24)18-11-32-35(4)13-18)33-25(29)34-16(2)26(3,37-14-36-5)21-7-6-8-22(27)23(21)28/h6-13,15H,14H2,1-5H3,(H2,29,33)(H,30,31). The number of benzene rings is 1. The van der Waals surface area contributed by atoms with E-state index in [-0.39, 0.29) is 29.4 Å². The Kier molecular flexibility index (Phi) is 7.72. The highest BCUT2D eigenvalue weighted by atomic mass is 35.5. The first kappa shape index (κ1) is 26.5. The van der Waals surface area contributed by atoms with Gasteiger partial charge in [0.25, 0.3) is 0 Å². The number of hydrogen-bond acceptors (Lipinski definition) is 5. The van der Waals surface area contributed by atoms with Crippen LogP contribution in [0.25, 0.3) is 22.2 Å². The number of aryl methyl sites for hydroxylation is 1. The zero-order valence-electron chi connectivity index (χ0n) is 21.3. The van der Waals surface area contributed by atoms with E-state index in [1.807, 2.05) is 32.4 Å². The number of ether oxygens (including phenoxy) is 2.